The van der Waals surface area contributed by atoms with Gasteiger partial charge < -0.3 is 9.47 Å². The van der Waals surface area contributed by atoms with Crippen molar-refractivity contribution < 1.29 is 9.47 Å². The molecule has 0 N–H and O–H groups in total. The lowest BCUT2D eigenvalue weighted by Crippen LogP contribution is -1.96. The van der Waals surface area contributed by atoms with Gasteiger partial charge in [-0.1, -0.05) is 41.6 Å². The fourth-order valence-corrected chi connectivity index (χ4v) is 2.23. The number of ether oxygens (including phenoxy) is 2. The molecule has 2 rings (SSSR count). The molecular weight excluding hydrogens is 415 g/mol. The van der Waals surface area contributed by atoms with E-state index >= 15 is 0 Å². The average molecular weight is 434 g/mol. The van der Waals surface area contributed by atoms with Crippen molar-refractivity contribution in [2.75, 3.05) is 7.11 Å². The van der Waals surface area contributed by atoms with Gasteiger partial charge in [-0.25, -0.2) is 4.98 Å². The Hall–Kier alpha value is -2.15. The highest BCUT2D eigenvalue weighted by Crippen LogP contribution is 2.27. The molecular formula is C19H19IN2O2. The first-order chi connectivity index (χ1) is 11.8. The molecule has 1 aromatic heterocycles. The third kappa shape index (κ3) is 5.19. The van der Waals surface area contributed by atoms with E-state index in [9.17, 15) is 0 Å². The van der Waals surface area contributed by atoms with Crippen molar-refractivity contribution in [1.82, 2.24) is 4.98 Å². The molecule has 0 spiro atoms. The van der Waals surface area contributed by atoms with E-state index in [0.29, 0.717) is 5.88 Å². The predicted octanol–water partition coefficient (Wildman–Crippen LogP) is 5.40. The van der Waals surface area contributed by atoms with Gasteiger partial charge in [0, 0.05) is 29.7 Å². The van der Waals surface area contributed by atoms with Gasteiger partial charge in [0.1, 0.15) is 5.75 Å². The molecule has 0 fully saturated rings. The predicted molar refractivity (Wildman–Crippen MR) is 107 cm³/mol. The van der Waals surface area contributed by atoms with Gasteiger partial charge in [0.2, 0.25) is 5.88 Å². The first-order valence-corrected chi connectivity index (χ1v) is 8.76. The summed E-state index contributed by atoms with van der Waals surface area (Å²) >= 11 is 2.12. The number of allylic oxidation sites excluding steroid dienone is 1. The second-order valence-electron chi connectivity index (χ2n) is 4.82. The Morgan fingerprint density at radius 1 is 1.25 bits per heavy atom. The lowest BCUT2D eigenvalue weighted by Gasteiger charge is -2.10. The molecule has 0 saturated heterocycles. The van der Waals surface area contributed by atoms with E-state index in [4.69, 9.17) is 9.47 Å². The minimum atomic E-state index is 0.509. The summed E-state index contributed by atoms with van der Waals surface area (Å²) in [5, 5.41) is 0. The Bertz CT molecular complexity index is 737. The molecule has 0 bridgehead atoms. The lowest BCUT2D eigenvalue weighted by atomic mass is 10.1. The van der Waals surface area contributed by atoms with Crippen LogP contribution in [0.4, 0.5) is 0 Å². The fourth-order valence-electron chi connectivity index (χ4n) is 2.04. The lowest BCUT2D eigenvalue weighted by molar-refractivity contribution is 0.340. The molecule has 0 atom stereocenters. The van der Waals surface area contributed by atoms with Gasteiger partial charge in [-0.2, -0.15) is 0 Å². The first kappa shape index (κ1) is 18.2. The van der Waals surface area contributed by atoms with Gasteiger partial charge in [0.15, 0.2) is 0 Å². The molecule has 124 valence electrons. The summed E-state index contributed by atoms with van der Waals surface area (Å²) in [4.78, 5) is 8.56. The second-order valence-corrected chi connectivity index (χ2v) is 5.54. The van der Waals surface area contributed by atoms with Crippen LogP contribution in [0, 0.1) is 0 Å². The van der Waals surface area contributed by atoms with Gasteiger partial charge in [0.25, 0.3) is 0 Å². The molecule has 2 aromatic rings. The van der Waals surface area contributed by atoms with Crippen LogP contribution in [-0.2, 0) is 11.2 Å². The van der Waals surface area contributed by atoms with E-state index < -0.39 is 0 Å². The highest BCUT2D eigenvalue weighted by molar-refractivity contribution is 14.1. The number of aromatic nitrogens is 1. The number of halogens is 1. The van der Waals surface area contributed by atoms with Crippen LogP contribution in [0.15, 0.2) is 64.1 Å². The van der Waals surface area contributed by atoms with Crippen molar-refractivity contribution in [3.8, 4) is 11.6 Å². The highest BCUT2D eigenvalue weighted by atomic mass is 127. The minimum Gasteiger partial charge on any atom is -0.504 e. The number of hydrogen-bond donors (Lipinski definition) is 0. The van der Waals surface area contributed by atoms with E-state index in [-0.39, 0.29) is 0 Å². The number of hydrogen-bond acceptors (Lipinski definition) is 4. The van der Waals surface area contributed by atoms with E-state index in [1.807, 2.05) is 28.3 Å². The van der Waals surface area contributed by atoms with E-state index in [2.05, 4.69) is 51.6 Å². The van der Waals surface area contributed by atoms with Crippen molar-refractivity contribution in [3.63, 3.8) is 0 Å². The molecule has 24 heavy (non-hydrogen) atoms. The molecule has 0 aliphatic rings. The summed E-state index contributed by atoms with van der Waals surface area (Å²) < 4.78 is 12.9. The highest BCUT2D eigenvalue weighted by Gasteiger charge is 2.10. The van der Waals surface area contributed by atoms with Crippen molar-refractivity contribution >= 4 is 34.4 Å². The third-order valence-electron chi connectivity index (χ3n) is 3.23. The van der Waals surface area contributed by atoms with E-state index in [1.54, 1.807) is 32.0 Å². The van der Waals surface area contributed by atoms with Gasteiger partial charge in [0.05, 0.1) is 13.4 Å². The Morgan fingerprint density at radius 2 is 2.04 bits per heavy atom. The van der Waals surface area contributed by atoms with Crippen LogP contribution in [0.2, 0.25) is 0 Å². The molecule has 5 heteroatoms. The van der Waals surface area contributed by atoms with E-state index in [1.165, 1.54) is 5.56 Å². The first-order valence-electron chi connectivity index (χ1n) is 7.52. The van der Waals surface area contributed by atoms with E-state index in [0.717, 1.165) is 23.3 Å². The van der Waals surface area contributed by atoms with Crippen LogP contribution in [0.5, 0.6) is 11.6 Å². The summed E-state index contributed by atoms with van der Waals surface area (Å²) in [5.41, 5.74) is 2.85. The molecule has 0 amide bonds. The normalized spacial score (nSPS) is 12.0. The molecule has 0 unspecified atom stereocenters. The number of aliphatic imine (C=N–C) groups is 1. The summed E-state index contributed by atoms with van der Waals surface area (Å²) in [6.45, 7) is 2.12. The van der Waals surface area contributed by atoms with Crippen LogP contribution in [0.25, 0.3) is 5.57 Å². The maximum absolute atomic E-state index is 5.95. The third-order valence-corrected chi connectivity index (χ3v) is 3.55. The number of aryl methyl sites for hydroxylation is 1. The smallest absolute Gasteiger partial charge is 0.227 e. The van der Waals surface area contributed by atoms with Gasteiger partial charge in [-0.05, 0) is 40.3 Å². The zero-order valence-corrected chi connectivity index (χ0v) is 15.8. The zero-order chi connectivity index (χ0) is 17.2. The SMILES string of the molecule is CCc1ccc(Oc2ncccc2C(/C=N\C=C/I)=C\OC)cc1. The van der Waals surface area contributed by atoms with Crippen LogP contribution < -0.4 is 4.74 Å². The summed E-state index contributed by atoms with van der Waals surface area (Å²) in [6.07, 6.45) is 7.73. The number of nitrogens with zero attached hydrogens (tertiary/aromatic N) is 2. The fraction of sp³-hybridized carbons (Fsp3) is 0.158. The average Bonchev–Trinajstić information content (AvgIpc) is 2.62. The molecule has 4 nitrogen and oxygen atoms in total. The monoisotopic (exact) mass is 434 g/mol. The second kappa shape index (κ2) is 9.87. The number of methoxy groups -OCH3 is 1. The van der Waals surface area contributed by atoms with Crippen molar-refractivity contribution in [3.05, 3.63) is 70.3 Å². The maximum atomic E-state index is 5.95. The maximum Gasteiger partial charge on any atom is 0.227 e. The van der Waals surface area contributed by atoms with Crippen molar-refractivity contribution in [2.45, 2.75) is 13.3 Å². The number of pyridine rings is 1. The Kier molecular flexibility index (Phi) is 7.48. The molecule has 0 saturated carbocycles. The van der Waals surface area contributed by atoms with Gasteiger partial charge in [-0.3, -0.25) is 4.99 Å². The Labute approximate surface area is 156 Å². The largest absolute Gasteiger partial charge is 0.504 e. The molecule has 1 aromatic carbocycles. The van der Waals surface area contributed by atoms with Crippen LogP contribution >= 0.6 is 22.6 Å². The molecule has 0 aliphatic heterocycles. The number of benzene rings is 1. The summed E-state index contributed by atoms with van der Waals surface area (Å²) in [6, 6.07) is 11.8. The quantitative estimate of drug-likeness (QED) is 0.333. The molecule has 1 heterocycles. The van der Waals surface area contributed by atoms with Crippen LogP contribution in [0.1, 0.15) is 18.1 Å². The van der Waals surface area contributed by atoms with Gasteiger partial charge >= 0.3 is 0 Å². The zero-order valence-electron chi connectivity index (χ0n) is 13.6. The minimum absolute atomic E-state index is 0.509. The Morgan fingerprint density at radius 3 is 2.71 bits per heavy atom. The summed E-state index contributed by atoms with van der Waals surface area (Å²) in [5.74, 6) is 1.25. The van der Waals surface area contributed by atoms with Crippen LogP contribution in [-0.4, -0.2) is 18.3 Å². The molecule has 0 radical (unpaired) electrons. The number of rotatable bonds is 7. The summed E-state index contributed by atoms with van der Waals surface area (Å²) in [7, 11) is 1.60. The molecule has 0 aliphatic carbocycles. The standard InChI is InChI=1S/C19H19IN2O2/c1-3-15-6-8-17(9-7-15)24-19-18(5-4-11-22-19)16(14-23-2)13-21-12-10-20/h4-14H,3H2,1-2H3/b12-10-,16-14-,21-13-. The Balaban J connectivity index is 2.32. The van der Waals surface area contributed by atoms with Crippen molar-refractivity contribution in [1.29, 1.82) is 0 Å². The van der Waals surface area contributed by atoms with Crippen LogP contribution in [0.3, 0.4) is 0 Å². The van der Waals surface area contributed by atoms with Gasteiger partial charge in [-0.15, -0.1) is 0 Å². The topological polar surface area (TPSA) is 43.7 Å². The van der Waals surface area contributed by atoms with Crippen molar-refractivity contribution in [2.24, 2.45) is 4.99 Å².